The number of aromatic nitrogens is 1. The highest BCUT2D eigenvalue weighted by Gasteiger charge is 2.15. The van der Waals surface area contributed by atoms with Crippen LogP contribution in [-0.2, 0) is 13.1 Å². The molecule has 0 radical (unpaired) electrons. The Bertz CT molecular complexity index is 657. The largest absolute Gasteiger partial charge is 0.491 e. The van der Waals surface area contributed by atoms with E-state index in [2.05, 4.69) is 69.6 Å². The van der Waals surface area contributed by atoms with Gasteiger partial charge in [0.2, 0.25) is 0 Å². The van der Waals surface area contributed by atoms with Gasteiger partial charge in [0, 0.05) is 35.7 Å². The first-order valence-corrected chi connectivity index (χ1v) is 9.49. The van der Waals surface area contributed by atoms with Gasteiger partial charge in [-0.2, -0.15) is 0 Å². The SMILES string of the molecule is CCCCn1c(C)c(CNC(C)C)c2cc(O[C@H](C)CC)ccc21. The minimum atomic E-state index is 0.253. The number of ether oxygens (including phenoxy) is 1. The summed E-state index contributed by atoms with van der Waals surface area (Å²) in [5, 5.41) is 4.91. The lowest BCUT2D eigenvalue weighted by Gasteiger charge is -2.13. The van der Waals surface area contributed by atoms with Gasteiger partial charge in [-0.05, 0) is 50.5 Å². The van der Waals surface area contributed by atoms with Gasteiger partial charge in [0.25, 0.3) is 0 Å². The zero-order valence-electron chi connectivity index (χ0n) is 16.3. The third-order valence-corrected chi connectivity index (χ3v) is 4.76. The zero-order valence-corrected chi connectivity index (χ0v) is 16.3. The Balaban J connectivity index is 2.44. The molecule has 0 saturated carbocycles. The number of nitrogens with one attached hydrogen (secondary N) is 1. The topological polar surface area (TPSA) is 26.2 Å². The van der Waals surface area contributed by atoms with Crippen molar-refractivity contribution in [2.75, 3.05) is 0 Å². The molecule has 24 heavy (non-hydrogen) atoms. The molecule has 134 valence electrons. The number of fused-ring (bicyclic) bond motifs is 1. The van der Waals surface area contributed by atoms with Gasteiger partial charge in [-0.1, -0.05) is 34.1 Å². The summed E-state index contributed by atoms with van der Waals surface area (Å²) >= 11 is 0. The van der Waals surface area contributed by atoms with Gasteiger partial charge in [-0.15, -0.1) is 0 Å². The minimum absolute atomic E-state index is 0.253. The van der Waals surface area contributed by atoms with Crippen molar-refractivity contribution < 1.29 is 4.74 Å². The number of hydrogen-bond donors (Lipinski definition) is 1. The molecule has 0 bridgehead atoms. The highest BCUT2D eigenvalue weighted by atomic mass is 16.5. The first-order valence-electron chi connectivity index (χ1n) is 9.49. The Morgan fingerprint density at radius 2 is 1.92 bits per heavy atom. The number of rotatable bonds is 9. The molecule has 1 N–H and O–H groups in total. The van der Waals surface area contributed by atoms with E-state index in [1.165, 1.54) is 35.0 Å². The van der Waals surface area contributed by atoms with Gasteiger partial charge in [0.1, 0.15) is 5.75 Å². The summed E-state index contributed by atoms with van der Waals surface area (Å²) in [6.45, 7) is 15.2. The molecule has 0 amide bonds. The maximum Gasteiger partial charge on any atom is 0.120 e. The molecule has 0 saturated heterocycles. The molecule has 3 heteroatoms. The Morgan fingerprint density at radius 3 is 2.54 bits per heavy atom. The van der Waals surface area contributed by atoms with Crippen LogP contribution in [0, 0.1) is 6.92 Å². The van der Waals surface area contributed by atoms with Gasteiger partial charge in [0.15, 0.2) is 0 Å². The molecular weight excluding hydrogens is 296 g/mol. The van der Waals surface area contributed by atoms with Crippen molar-refractivity contribution in [1.29, 1.82) is 0 Å². The quantitative estimate of drug-likeness (QED) is 0.664. The van der Waals surface area contributed by atoms with Crippen LogP contribution in [0.3, 0.4) is 0 Å². The van der Waals surface area contributed by atoms with Crippen molar-refractivity contribution in [1.82, 2.24) is 9.88 Å². The van der Waals surface area contributed by atoms with Crippen LogP contribution in [0.2, 0.25) is 0 Å². The summed E-state index contributed by atoms with van der Waals surface area (Å²) in [6, 6.07) is 7.07. The van der Waals surface area contributed by atoms with Crippen LogP contribution in [0.25, 0.3) is 10.9 Å². The number of benzene rings is 1. The Morgan fingerprint density at radius 1 is 1.17 bits per heavy atom. The van der Waals surface area contributed by atoms with Crippen molar-refractivity contribution in [3.05, 3.63) is 29.5 Å². The van der Waals surface area contributed by atoms with E-state index in [0.717, 1.165) is 25.3 Å². The summed E-state index contributed by atoms with van der Waals surface area (Å²) in [4.78, 5) is 0. The molecule has 0 unspecified atom stereocenters. The van der Waals surface area contributed by atoms with Crippen LogP contribution in [0.15, 0.2) is 18.2 Å². The van der Waals surface area contributed by atoms with Crippen molar-refractivity contribution >= 4 is 10.9 Å². The number of unbranched alkanes of at least 4 members (excludes halogenated alkanes) is 1. The second-order valence-corrected chi connectivity index (χ2v) is 7.12. The molecule has 1 atom stereocenters. The highest BCUT2D eigenvalue weighted by molar-refractivity contribution is 5.87. The predicted octanol–water partition coefficient (Wildman–Crippen LogP) is 5.43. The molecule has 2 rings (SSSR count). The summed E-state index contributed by atoms with van der Waals surface area (Å²) < 4.78 is 8.53. The first-order chi connectivity index (χ1) is 11.5. The van der Waals surface area contributed by atoms with Crippen LogP contribution in [-0.4, -0.2) is 16.7 Å². The van der Waals surface area contributed by atoms with E-state index in [9.17, 15) is 0 Å². The second kappa shape index (κ2) is 8.57. The predicted molar refractivity (Wildman–Crippen MR) is 104 cm³/mol. The maximum absolute atomic E-state index is 6.05. The average Bonchev–Trinajstić information content (AvgIpc) is 2.81. The van der Waals surface area contributed by atoms with Crippen molar-refractivity contribution in [3.8, 4) is 5.75 Å². The van der Waals surface area contributed by atoms with Gasteiger partial charge >= 0.3 is 0 Å². The Labute approximate surface area is 147 Å². The molecule has 0 aliphatic rings. The van der Waals surface area contributed by atoms with Gasteiger partial charge in [-0.25, -0.2) is 0 Å². The summed E-state index contributed by atoms with van der Waals surface area (Å²) in [5.41, 5.74) is 4.12. The normalized spacial score (nSPS) is 13.0. The van der Waals surface area contributed by atoms with Crippen molar-refractivity contribution in [2.45, 2.75) is 86.0 Å². The van der Waals surface area contributed by atoms with E-state index in [0.29, 0.717) is 6.04 Å². The fraction of sp³-hybridized carbons (Fsp3) is 0.619. The van der Waals surface area contributed by atoms with E-state index in [1.54, 1.807) is 0 Å². The maximum atomic E-state index is 6.05. The fourth-order valence-corrected chi connectivity index (χ4v) is 3.05. The summed E-state index contributed by atoms with van der Waals surface area (Å²) in [7, 11) is 0. The van der Waals surface area contributed by atoms with Crippen LogP contribution in [0.5, 0.6) is 5.75 Å². The third kappa shape index (κ3) is 4.32. The molecule has 3 nitrogen and oxygen atoms in total. The molecule has 0 spiro atoms. The van der Waals surface area contributed by atoms with Crippen molar-refractivity contribution in [2.24, 2.45) is 0 Å². The molecule has 1 aromatic heterocycles. The van der Waals surface area contributed by atoms with Crippen LogP contribution < -0.4 is 10.1 Å². The molecule has 0 aliphatic carbocycles. The van der Waals surface area contributed by atoms with Gasteiger partial charge in [-0.3, -0.25) is 0 Å². The highest BCUT2D eigenvalue weighted by Crippen LogP contribution is 2.30. The lowest BCUT2D eigenvalue weighted by Crippen LogP contribution is -2.22. The molecule has 2 aromatic rings. The van der Waals surface area contributed by atoms with Crippen molar-refractivity contribution in [3.63, 3.8) is 0 Å². The van der Waals surface area contributed by atoms with Crippen LogP contribution >= 0.6 is 0 Å². The van der Waals surface area contributed by atoms with E-state index >= 15 is 0 Å². The first kappa shape index (κ1) is 18.9. The van der Waals surface area contributed by atoms with E-state index in [4.69, 9.17) is 4.74 Å². The molecule has 1 aromatic carbocycles. The van der Waals surface area contributed by atoms with E-state index in [1.807, 2.05) is 0 Å². The zero-order chi connectivity index (χ0) is 17.7. The van der Waals surface area contributed by atoms with E-state index in [-0.39, 0.29) is 6.10 Å². The van der Waals surface area contributed by atoms with Gasteiger partial charge in [0.05, 0.1) is 6.10 Å². The smallest absolute Gasteiger partial charge is 0.120 e. The lowest BCUT2D eigenvalue weighted by atomic mass is 10.1. The lowest BCUT2D eigenvalue weighted by molar-refractivity contribution is 0.217. The Kier molecular flexibility index (Phi) is 6.73. The average molecular weight is 331 g/mol. The number of aryl methyl sites for hydroxylation is 1. The van der Waals surface area contributed by atoms with Crippen LogP contribution in [0.1, 0.15) is 65.1 Å². The molecule has 0 aliphatic heterocycles. The number of hydrogen-bond acceptors (Lipinski definition) is 2. The standard InChI is InChI=1S/C21H34N2O/c1-7-9-12-23-17(6)20(14-22-15(3)4)19-13-18(10-11-21(19)23)24-16(5)8-2/h10-11,13,15-16,22H,7-9,12,14H2,1-6H3/t16-/m1/s1. The Hall–Kier alpha value is -1.48. The van der Waals surface area contributed by atoms with Crippen LogP contribution in [0.4, 0.5) is 0 Å². The van der Waals surface area contributed by atoms with Gasteiger partial charge < -0.3 is 14.6 Å². The third-order valence-electron chi connectivity index (χ3n) is 4.76. The fourth-order valence-electron chi connectivity index (χ4n) is 3.05. The molecule has 0 fully saturated rings. The minimum Gasteiger partial charge on any atom is -0.491 e. The second-order valence-electron chi connectivity index (χ2n) is 7.12. The molecular formula is C21H34N2O. The molecule has 1 heterocycles. The summed E-state index contributed by atoms with van der Waals surface area (Å²) in [6.07, 6.45) is 3.71. The number of nitrogens with zero attached hydrogens (tertiary/aromatic N) is 1. The summed E-state index contributed by atoms with van der Waals surface area (Å²) in [5.74, 6) is 0.982. The van der Waals surface area contributed by atoms with E-state index < -0.39 is 0 Å². The monoisotopic (exact) mass is 330 g/mol.